The van der Waals surface area contributed by atoms with Crippen LogP contribution in [0.1, 0.15) is 0 Å². The maximum absolute atomic E-state index is 12.3. The molecule has 7 nitrogen and oxygen atoms in total. The topological polar surface area (TPSA) is 97.0 Å². The summed E-state index contributed by atoms with van der Waals surface area (Å²) in [5.74, 6) is -0.470. The van der Waals surface area contributed by atoms with Crippen LogP contribution in [0.2, 0.25) is 0 Å². The third kappa shape index (κ3) is 6.86. The van der Waals surface area contributed by atoms with E-state index in [4.69, 9.17) is 5.73 Å². The molecule has 25 heavy (non-hydrogen) atoms. The maximum Gasteiger partial charge on any atom is 0.573 e. The summed E-state index contributed by atoms with van der Waals surface area (Å²) >= 11 is 0. The third-order valence-corrected chi connectivity index (χ3v) is 4.52. The molecule has 3 N–H and O–H groups in total. The van der Waals surface area contributed by atoms with E-state index in [1.165, 1.54) is 22.5 Å². The van der Waals surface area contributed by atoms with E-state index in [9.17, 15) is 21.6 Å². The van der Waals surface area contributed by atoms with Crippen molar-refractivity contribution in [2.75, 3.05) is 31.2 Å². The number of halogens is 4. The fourth-order valence-corrected chi connectivity index (χ4v) is 3.06. The number of alkyl halides is 3. The molecule has 1 aromatic rings. The number of nitrogens with zero attached hydrogens (tertiary/aromatic N) is 2. The molecule has 1 fully saturated rings. The van der Waals surface area contributed by atoms with Crippen LogP contribution in [0, 0.1) is 5.92 Å². The van der Waals surface area contributed by atoms with Crippen molar-refractivity contribution in [1.29, 1.82) is 0 Å². The van der Waals surface area contributed by atoms with E-state index >= 15 is 0 Å². The molecule has 1 saturated heterocycles. The summed E-state index contributed by atoms with van der Waals surface area (Å²) in [5, 5.41) is 2.55. The first kappa shape index (κ1) is 21.8. The van der Waals surface area contributed by atoms with Gasteiger partial charge in [0, 0.05) is 25.6 Å². The van der Waals surface area contributed by atoms with Crippen LogP contribution in [0.25, 0.3) is 0 Å². The number of benzene rings is 1. The Morgan fingerprint density at radius 2 is 2.00 bits per heavy atom. The number of ether oxygens (including phenoxy) is 1. The van der Waals surface area contributed by atoms with E-state index in [0.717, 1.165) is 12.3 Å². The van der Waals surface area contributed by atoms with Crippen molar-refractivity contribution in [3.8, 4) is 5.75 Å². The van der Waals surface area contributed by atoms with Crippen molar-refractivity contribution in [3.63, 3.8) is 0 Å². The molecule has 0 unspecified atom stereocenters. The predicted molar refractivity (Wildman–Crippen MR) is 98.6 cm³/mol. The molecule has 0 amide bonds. The first-order valence-electron chi connectivity index (χ1n) is 6.91. The molecule has 1 aromatic carbocycles. The van der Waals surface area contributed by atoms with Gasteiger partial charge in [0.2, 0.25) is 10.0 Å². The number of anilines is 1. The van der Waals surface area contributed by atoms with Crippen LogP contribution in [0.3, 0.4) is 0 Å². The van der Waals surface area contributed by atoms with Crippen molar-refractivity contribution in [3.05, 3.63) is 24.3 Å². The van der Waals surface area contributed by atoms with Gasteiger partial charge in [0.15, 0.2) is 11.7 Å². The molecule has 0 atom stereocenters. The van der Waals surface area contributed by atoms with Gasteiger partial charge in [-0.25, -0.2) is 12.7 Å². The lowest BCUT2D eigenvalue weighted by atomic mass is 10.0. The Bertz CT molecular complexity index is 721. The second kappa shape index (κ2) is 8.40. The van der Waals surface area contributed by atoms with Gasteiger partial charge >= 0.3 is 6.36 Å². The molecule has 1 aliphatic rings. The van der Waals surface area contributed by atoms with E-state index < -0.39 is 22.1 Å². The Labute approximate surface area is 160 Å². The van der Waals surface area contributed by atoms with Gasteiger partial charge in [-0.15, -0.1) is 37.1 Å². The molecular weight excluding hydrogens is 476 g/mol. The molecule has 1 aliphatic heterocycles. The van der Waals surface area contributed by atoms with Gasteiger partial charge < -0.3 is 15.8 Å². The van der Waals surface area contributed by atoms with Gasteiger partial charge in [0.05, 0.1) is 11.9 Å². The Morgan fingerprint density at radius 1 is 1.40 bits per heavy atom. The zero-order valence-corrected chi connectivity index (χ0v) is 16.3. The van der Waals surface area contributed by atoms with E-state index in [1.807, 2.05) is 0 Å². The van der Waals surface area contributed by atoms with E-state index in [-0.39, 0.29) is 48.1 Å². The van der Waals surface area contributed by atoms with Gasteiger partial charge in [-0.2, -0.15) is 0 Å². The molecule has 1 heterocycles. The van der Waals surface area contributed by atoms with Gasteiger partial charge in [0.25, 0.3) is 0 Å². The number of aliphatic imine (C=N–C) groups is 1. The highest BCUT2D eigenvalue weighted by Gasteiger charge is 2.33. The van der Waals surface area contributed by atoms with E-state index in [1.54, 1.807) is 0 Å². The maximum atomic E-state index is 12.3. The number of hydrogen-bond acceptors (Lipinski definition) is 4. The minimum Gasteiger partial charge on any atom is -0.404 e. The van der Waals surface area contributed by atoms with Gasteiger partial charge in [-0.1, -0.05) is 12.1 Å². The number of sulfonamides is 1. The normalized spacial score (nSPS) is 16.7. The first-order chi connectivity index (χ1) is 11.0. The van der Waals surface area contributed by atoms with Crippen LogP contribution in [-0.4, -0.2) is 50.9 Å². The molecule has 0 radical (unpaired) electrons. The third-order valence-electron chi connectivity index (χ3n) is 3.29. The van der Waals surface area contributed by atoms with Gasteiger partial charge in [-0.05, 0) is 12.1 Å². The number of hydrogen-bond donors (Lipinski definition) is 2. The Kier molecular flexibility index (Phi) is 7.31. The molecule has 0 bridgehead atoms. The Hall–Kier alpha value is -1.28. The minimum atomic E-state index is -4.81. The summed E-state index contributed by atoms with van der Waals surface area (Å²) in [6.07, 6.45) is -3.69. The van der Waals surface area contributed by atoms with Crippen molar-refractivity contribution in [2.45, 2.75) is 6.36 Å². The smallest absolute Gasteiger partial charge is 0.404 e. The van der Waals surface area contributed by atoms with Crippen molar-refractivity contribution >= 4 is 45.6 Å². The average Bonchev–Trinajstić information content (AvgIpc) is 2.36. The van der Waals surface area contributed by atoms with Crippen LogP contribution < -0.4 is 15.8 Å². The lowest BCUT2D eigenvalue weighted by Gasteiger charge is -2.36. The van der Waals surface area contributed by atoms with Crippen LogP contribution in [0.4, 0.5) is 18.9 Å². The summed E-state index contributed by atoms with van der Waals surface area (Å²) in [4.78, 5) is 4.02. The van der Waals surface area contributed by atoms with Crippen molar-refractivity contribution in [1.82, 2.24) is 4.31 Å². The van der Waals surface area contributed by atoms with Crippen LogP contribution in [0.5, 0.6) is 5.75 Å². The van der Waals surface area contributed by atoms with Gasteiger partial charge in [0.1, 0.15) is 0 Å². The zero-order valence-electron chi connectivity index (χ0n) is 13.2. The number of nitrogens with two attached hydrogens (primary N) is 1. The second-order valence-corrected chi connectivity index (χ2v) is 7.32. The van der Waals surface area contributed by atoms with Gasteiger partial charge in [-0.3, -0.25) is 4.99 Å². The molecular formula is C13H18F3IN4O3S. The lowest BCUT2D eigenvalue weighted by molar-refractivity contribution is -0.274. The highest BCUT2D eigenvalue weighted by atomic mass is 127. The second-order valence-electron chi connectivity index (χ2n) is 5.34. The lowest BCUT2D eigenvalue weighted by Crippen LogP contribution is -2.50. The fraction of sp³-hybridized carbons (Fsp3) is 0.462. The number of para-hydroxylation sites is 2. The summed E-state index contributed by atoms with van der Waals surface area (Å²) in [6, 6.07) is 5.44. The Morgan fingerprint density at radius 3 is 2.56 bits per heavy atom. The number of rotatable bonds is 5. The zero-order chi connectivity index (χ0) is 18.0. The van der Waals surface area contributed by atoms with E-state index in [2.05, 4.69) is 15.0 Å². The SMILES string of the molecule is CS(=O)(=O)N1CC(CN=C(N)Nc2ccccc2OC(F)(F)F)C1.I. The van der Waals surface area contributed by atoms with Crippen molar-refractivity contribution in [2.24, 2.45) is 16.6 Å². The van der Waals surface area contributed by atoms with Crippen LogP contribution in [0.15, 0.2) is 29.3 Å². The number of guanidine groups is 1. The first-order valence-corrected chi connectivity index (χ1v) is 8.76. The molecule has 0 spiro atoms. The highest BCUT2D eigenvalue weighted by Crippen LogP contribution is 2.29. The minimum absolute atomic E-state index is 0. The summed E-state index contributed by atoms with van der Waals surface area (Å²) in [5.41, 5.74) is 5.69. The van der Waals surface area contributed by atoms with Crippen LogP contribution >= 0.6 is 24.0 Å². The van der Waals surface area contributed by atoms with Crippen LogP contribution in [-0.2, 0) is 10.0 Å². The average molecular weight is 494 g/mol. The standard InChI is InChI=1S/C13H17F3N4O3S.HI/c1-24(21,22)20-7-9(8-20)6-18-12(17)19-10-4-2-3-5-11(10)23-13(14,15)16;/h2-5,9H,6-8H2,1H3,(H3,17,18,19);1H. The van der Waals surface area contributed by atoms with Crippen molar-refractivity contribution < 1.29 is 26.3 Å². The molecule has 142 valence electrons. The Balaban J connectivity index is 0.00000312. The molecule has 0 aliphatic carbocycles. The summed E-state index contributed by atoms with van der Waals surface area (Å²) in [6.45, 7) is 0.972. The fourth-order valence-electron chi connectivity index (χ4n) is 2.10. The highest BCUT2D eigenvalue weighted by molar-refractivity contribution is 14.0. The van der Waals surface area contributed by atoms with E-state index in [0.29, 0.717) is 13.1 Å². The largest absolute Gasteiger partial charge is 0.573 e. The molecule has 12 heteroatoms. The molecule has 0 saturated carbocycles. The summed E-state index contributed by atoms with van der Waals surface area (Å²) < 4.78 is 64.7. The summed E-state index contributed by atoms with van der Waals surface area (Å²) in [7, 11) is -3.19. The molecule has 2 rings (SSSR count). The quantitative estimate of drug-likeness (QED) is 0.370. The monoisotopic (exact) mass is 494 g/mol. The molecule has 0 aromatic heterocycles. The number of nitrogens with one attached hydrogen (secondary N) is 1. The predicted octanol–water partition coefficient (Wildman–Crippen LogP) is 1.82.